The minimum Gasteiger partial charge on any atom is -0.353 e. The maximum Gasteiger partial charge on any atom is 0.203 e. The Morgan fingerprint density at radius 3 is 2.90 bits per heavy atom. The Hall–Kier alpha value is -1.48. The van der Waals surface area contributed by atoms with Gasteiger partial charge in [-0.25, -0.2) is 4.98 Å². The van der Waals surface area contributed by atoms with E-state index >= 15 is 0 Å². The summed E-state index contributed by atoms with van der Waals surface area (Å²) in [4.78, 5) is 4.47. The van der Waals surface area contributed by atoms with Crippen molar-refractivity contribution in [3.8, 4) is 0 Å². The normalized spacial score (nSPS) is 17.3. The van der Waals surface area contributed by atoms with Crippen LogP contribution in [0.1, 0.15) is 44.2 Å². The van der Waals surface area contributed by atoms with Crippen LogP contribution in [0.2, 0.25) is 5.02 Å². The molecule has 0 bridgehead atoms. The van der Waals surface area contributed by atoms with Crippen LogP contribution in [0.15, 0.2) is 36.7 Å². The van der Waals surface area contributed by atoms with Crippen molar-refractivity contribution in [3.63, 3.8) is 0 Å². The van der Waals surface area contributed by atoms with Crippen molar-refractivity contribution in [2.45, 2.75) is 44.7 Å². The summed E-state index contributed by atoms with van der Waals surface area (Å²) < 4.78 is 2.18. The predicted molar refractivity (Wildman–Crippen MR) is 83.4 cm³/mol. The van der Waals surface area contributed by atoms with E-state index in [2.05, 4.69) is 27.9 Å². The van der Waals surface area contributed by atoms with Crippen LogP contribution < -0.4 is 5.32 Å². The van der Waals surface area contributed by atoms with Crippen LogP contribution in [0.5, 0.6) is 0 Å². The summed E-state index contributed by atoms with van der Waals surface area (Å²) >= 11 is 6.09. The number of halogens is 1. The van der Waals surface area contributed by atoms with Gasteiger partial charge in [-0.3, -0.25) is 0 Å². The molecule has 1 saturated carbocycles. The van der Waals surface area contributed by atoms with E-state index in [0.29, 0.717) is 6.04 Å². The van der Waals surface area contributed by atoms with E-state index < -0.39 is 0 Å². The Labute approximate surface area is 125 Å². The number of nitrogens with zero attached hydrogens (tertiary/aromatic N) is 2. The van der Waals surface area contributed by atoms with Crippen LogP contribution in [0.25, 0.3) is 0 Å². The van der Waals surface area contributed by atoms with Crippen molar-refractivity contribution in [1.82, 2.24) is 9.55 Å². The fourth-order valence-corrected chi connectivity index (χ4v) is 3.12. The molecule has 20 heavy (non-hydrogen) atoms. The smallest absolute Gasteiger partial charge is 0.203 e. The van der Waals surface area contributed by atoms with Crippen LogP contribution >= 0.6 is 11.6 Å². The van der Waals surface area contributed by atoms with Gasteiger partial charge in [-0.15, -0.1) is 0 Å². The number of rotatable bonds is 4. The molecule has 2 aromatic rings. The molecule has 1 unspecified atom stereocenters. The third-order valence-corrected chi connectivity index (χ3v) is 4.34. The van der Waals surface area contributed by atoms with Crippen molar-refractivity contribution < 1.29 is 0 Å². The average molecular weight is 290 g/mol. The van der Waals surface area contributed by atoms with E-state index in [1.807, 2.05) is 30.6 Å². The summed E-state index contributed by atoms with van der Waals surface area (Å²) in [6, 6.07) is 8.82. The van der Waals surface area contributed by atoms with Gasteiger partial charge >= 0.3 is 0 Å². The summed E-state index contributed by atoms with van der Waals surface area (Å²) in [7, 11) is 0. The molecule has 1 aromatic carbocycles. The Balaban J connectivity index is 1.81. The zero-order valence-electron chi connectivity index (χ0n) is 11.7. The van der Waals surface area contributed by atoms with Crippen molar-refractivity contribution in [1.29, 1.82) is 0 Å². The monoisotopic (exact) mass is 289 g/mol. The number of aromatic nitrogens is 2. The second-order valence-electron chi connectivity index (χ2n) is 5.51. The first-order chi connectivity index (χ1) is 9.74. The molecule has 0 aliphatic heterocycles. The SMILES string of the molecule is CC(c1cccc(Cl)c1)n1ccnc1NC1CCCC1. The second kappa shape index (κ2) is 5.88. The highest BCUT2D eigenvalue weighted by molar-refractivity contribution is 6.30. The maximum atomic E-state index is 6.09. The molecule has 1 fully saturated rings. The van der Waals surface area contributed by atoms with Crippen molar-refractivity contribution in [2.24, 2.45) is 0 Å². The van der Waals surface area contributed by atoms with E-state index in [1.165, 1.54) is 31.2 Å². The minimum absolute atomic E-state index is 0.222. The lowest BCUT2D eigenvalue weighted by atomic mass is 10.1. The quantitative estimate of drug-likeness (QED) is 0.898. The fourth-order valence-electron chi connectivity index (χ4n) is 2.92. The lowest BCUT2D eigenvalue weighted by Gasteiger charge is -2.20. The van der Waals surface area contributed by atoms with Crippen molar-refractivity contribution >= 4 is 17.5 Å². The molecule has 1 aliphatic carbocycles. The van der Waals surface area contributed by atoms with Gasteiger partial charge in [-0.05, 0) is 37.5 Å². The highest BCUT2D eigenvalue weighted by Gasteiger charge is 2.18. The van der Waals surface area contributed by atoms with Gasteiger partial charge in [0.1, 0.15) is 0 Å². The molecular weight excluding hydrogens is 270 g/mol. The first-order valence-electron chi connectivity index (χ1n) is 7.29. The number of hydrogen-bond acceptors (Lipinski definition) is 2. The third-order valence-electron chi connectivity index (χ3n) is 4.11. The lowest BCUT2D eigenvalue weighted by Crippen LogP contribution is -2.19. The van der Waals surface area contributed by atoms with Gasteiger partial charge in [0.2, 0.25) is 5.95 Å². The van der Waals surface area contributed by atoms with Gasteiger partial charge in [-0.1, -0.05) is 36.6 Å². The number of benzene rings is 1. The molecule has 1 aromatic heterocycles. The molecule has 1 aliphatic rings. The molecule has 0 amide bonds. The molecule has 3 rings (SSSR count). The highest BCUT2D eigenvalue weighted by Crippen LogP contribution is 2.26. The summed E-state index contributed by atoms with van der Waals surface area (Å²) in [5, 5.41) is 4.35. The molecule has 1 N–H and O–H groups in total. The van der Waals surface area contributed by atoms with Crippen LogP contribution in [0, 0.1) is 0 Å². The Morgan fingerprint density at radius 1 is 1.35 bits per heavy atom. The fraction of sp³-hybridized carbons (Fsp3) is 0.438. The summed E-state index contributed by atoms with van der Waals surface area (Å²) in [5.74, 6) is 0.962. The van der Waals surface area contributed by atoms with Gasteiger partial charge in [0.25, 0.3) is 0 Å². The average Bonchev–Trinajstić information content (AvgIpc) is 3.10. The Bertz CT molecular complexity index is 573. The Kier molecular flexibility index (Phi) is 3.97. The van der Waals surface area contributed by atoms with Gasteiger partial charge < -0.3 is 9.88 Å². The summed E-state index contributed by atoms with van der Waals surface area (Å²) in [5.41, 5.74) is 1.20. The minimum atomic E-state index is 0.222. The number of hydrogen-bond donors (Lipinski definition) is 1. The molecule has 0 spiro atoms. The molecule has 1 heterocycles. The lowest BCUT2D eigenvalue weighted by molar-refractivity contribution is 0.630. The zero-order chi connectivity index (χ0) is 13.9. The third kappa shape index (κ3) is 2.83. The van der Waals surface area contributed by atoms with E-state index in [4.69, 9.17) is 11.6 Å². The van der Waals surface area contributed by atoms with Crippen LogP contribution in [0.3, 0.4) is 0 Å². The van der Waals surface area contributed by atoms with Gasteiger partial charge in [0.05, 0.1) is 6.04 Å². The van der Waals surface area contributed by atoms with Crippen LogP contribution in [-0.2, 0) is 0 Å². The number of imidazole rings is 1. The van der Waals surface area contributed by atoms with E-state index in [9.17, 15) is 0 Å². The van der Waals surface area contributed by atoms with Crippen LogP contribution in [0.4, 0.5) is 5.95 Å². The van der Waals surface area contributed by atoms with Crippen molar-refractivity contribution in [3.05, 3.63) is 47.2 Å². The molecule has 3 nitrogen and oxygen atoms in total. The summed E-state index contributed by atoms with van der Waals surface area (Å²) in [6.07, 6.45) is 9.03. The van der Waals surface area contributed by atoms with E-state index in [-0.39, 0.29) is 6.04 Å². The van der Waals surface area contributed by atoms with Crippen molar-refractivity contribution in [2.75, 3.05) is 5.32 Å². The molecule has 0 radical (unpaired) electrons. The van der Waals surface area contributed by atoms with Gasteiger partial charge in [0, 0.05) is 23.5 Å². The summed E-state index contributed by atoms with van der Waals surface area (Å²) in [6.45, 7) is 2.17. The Morgan fingerprint density at radius 2 is 2.15 bits per heavy atom. The maximum absolute atomic E-state index is 6.09. The molecule has 0 saturated heterocycles. The largest absolute Gasteiger partial charge is 0.353 e. The standard InChI is InChI=1S/C16H20ClN3/c1-12(13-5-4-6-14(17)11-13)20-10-9-18-16(20)19-15-7-2-3-8-15/h4-6,9-12,15H,2-3,7-8H2,1H3,(H,18,19). The number of nitrogens with one attached hydrogen (secondary N) is 1. The molecular formula is C16H20ClN3. The van der Waals surface area contributed by atoms with Crippen LogP contribution in [-0.4, -0.2) is 15.6 Å². The highest BCUT2D eigenvalue weighted by atomic mass is 35.5. The molecule has 1 atom stereocenters. The second-order valence-corrected chi connectivity index (χ2v) is 5.95. The predicted octanol–water partition coefficient (Wildman–Crippen LogP) is 4.50. The van der Waals surface area contributed by atoms with E-state index in [0.717, 1.165) is 11.0 Å². The topological polar surface area (TPSA) is 29.9 Å². The van der Waals surface area contributed by atoms with Gasteiger partial charge in [-0.2, -0.15) is 0 Å². The molecule has 106 valence electrons. The van der Waals surface area contributed by atoms with Gasteiger partial charge in [0.15, 0.2) is 0 Å². The zero-order valence-corrected chi connectivity index (χ0v) is 12.5. The first-order valence-corrected chi connectivity index (χ1v) is 7.66. The number of anilines is 1. The van der Waals surface area contributed by atoms with E-state index in [1.54, 1.807) is 0 Å². The molecule has 4 heteroatoms. The first kappa shape index (κ1) is 13.5.